The Labute approximate surface area is 113 Å². The molecule has 0 amide bonds. The van der Waals surface area contributed by atoms with Crippen molar-refractivity contribution >= 4 is 17.6 Å². The third-order valence-electron chi connectivity index (χ3n) is 3.83. The molecule has 0 aromatic rings. The van der Waals surface area contributed by atoms with Crippen molar-refractivity contribution in [3.63, 3.8) is 0 Å². The Kier molecular flexibility index (Phi) is 3.50. The van der Waals surface area contributed by atoms with Crippen LogP contribution in [0.25, 0.3) is 0 Å². The van der Waals surface area contributed by atoms with Crippen LogP contribution in [0.5, 0.6) is 0 Å². The summed E-state index contributed by atoms with van der Waals surface area (Å²) in [6.07, 6.45) is 2.55. The van der Waals surface area contributed by atoms with Crippen LogP contribution in [0.15, 0.2) is 11.6 Å². The maximum absolute atomic E-state index is 12.4. The molecule has 1 saturated heterocycles. The van der Waals surface area contributed by atoms with Crippen LogP contribution in [0.4, 0.5) is 0 Å². The van der Waals surface area contributed by atoms with E-state index < -0.39 is 11.7 Å². The molecule has 1 aliphatic heterocycles. The molecular weight excluding hydrogens is 252 g/mol. The number of carbonyl (C=O) groups is 1. The number of hydrogen-bond donors (Lipinski definition) is 0. The molecule has 2 fully saturated rings. The highest BCUT2D eigenvalue weighted by Gasteiger charge is 2.56. The van der Waals surface area contributed by atoms with E-state index in [1.165, 1.54) is 0 Å². The average Bonchev–Trinajstić information content (AvgIpc) is 2.59. The van der Waals surface area contributed by atoms with Gasteiger partial charge in [0, 0.05) is 16.9 Å². The number of fused-ring (bicyclic) bond motifs is 1. The maximum Gasteiger partial charge on any atom is 0.317 e. The van der Waals surface area contributed by atoms with Crippen LogP contribution in [0.2, 0.25) is 0 Å². The average molecular weight is 273 g/mol. The second kappa shape index (κ2) is 4.53. The van der Waals surface area contributed by atoms with Crippen LogP contribution >= 0.6 is 11.6 Å². The molecular formula is C14H21ClO3. The third-order valence-corrected chi connectivity index (χ3v) is 3.96. The van der Waals surface area contributed by atoms with Crippen molar-refractivity contribution in [2.24, 2.45) is 10.8 Å². The molecule has 0 N–H and O–H groups in total. The Hall–Kier alpha value is -0.540. The fraction of sp³-hybridized carbons (Fsp3) is 0.786. The zero-order valence-electron chi connectivity index (χ0n) is 11.3. The van der Waals surface area contributed by atoms with E-state index in [2.05, 4.69) is 6.58 Å². The second-order valence-electron chi connectivity index (χ2n) is 6.47. The summed E-state index contributed by atoms with van der Waals surface area (Å²) in [6, 6.07) is 0. The number of allylic oxidation sites excluding steroid dienone is 1. The van der Waals surface area contributed by atoms with Gasteiger partial charge in [-0.2, -0.15) is 0 Å². The van der Waals surface area contributed by atoms with Crippen molar-refractivity contribution in [1.29, 1.82) is 0 Å². The molecule has 0 spiro atoms. The monoisotopic (exact) mass is 272 g/mol. The quantitative estimate of drug-likeness (QED) is 0.721. The van der Waals surface area contributed by atoms with Gasteiger partial charge < -0.3 is 9.47 Å². The van der Waals surface area contributed by atoms with Crippen molar-refractivity contribution < 1.29 is 14.3 Å². The smallest absolute Gasteiger partial charge is 0.317 e. The molecule has 0 aromatic carbocycles. The van der Waals surface area contributed by atoms with E-state index in [1.807, 2.05) is 20.8 Å². The van der Waals surface area contributed by atoms with Gasteiger partial charge in [0.05, 0.1) is 11.5 Å². The van der Waals surface area contributed by atoms with Gasteiger partial charge in [0.1, 0.15) is 0 Å². The highest BCUT2D eigenvalue weighted by Crippen LogP contribution is 2.50. The molecule has 3 atom stereocenters. The molecule has 4 heteroatoms. The van der Waals surface area contributed by atoms with E-state index in [-0.39, 0.29) is 17.5 Å². The minimum absolute atomic E-state index is 0.0847. The molecule has 3 nitrogen and oxygen atoms in total. The van der Waals surface area contributed by atoms with Crippen molar-refractivity contribution in [3.05, 3.63) is 11.6 Å². The highest BCUT2D eigenvalue weighted by molar-refractivity contribution is 6.29. The molecule has 3 unspecified atom stereocenters. The van der Waals surface area contributed by atoms with Crippen LogP contribution < -0.4 is 0 Å². The van der Waals surface area contributed by atoms with E-state index in [9.17, 15) is 4.79 Å². The maximum atomic E-state index is 12.4. The molecule has 2 rings (SSSR count). The number of halogens is 1. The Morgan fingerprint density at radius 3 is 2.78 bits per heavy atom. The van der Waals surface area contributed by atoms with Gasteiger partial charge in [-0.25, -0.2) is 0 Å². The van der Waals surface area contributed by atoms with Crippen LogP contribution in [-0.4, -0.2) is 18.4 Å². The Morgan fingerprint density at radius 1 is 1.56 bits per heavy atom. The standard InChI is InChI=1S/C14H21ClO3/c1-9(15)8-14-7-5-6-10(14)17-12(13(2,3)4)18-11(14)16/h10,12H,1,5-8H2,2-4H3. The molecule has 1 saturated carbocycles. The fourth-order valence-electron chi connectivity index (χ4n) is 2.86. The molecule has 0 bridgehead atoms. The third kappa shape index (κ3) is 2.30. The van der Waals surface area contributed by atoms with Crippen LogP contribution in [0.1, 0.15) is 46.5 Å². The van der Waals surface area contributed by atoms with Gasteiger partial charge >= 0.3 is 5.97 Å². The first kappa shape index (κ1) is 13.9. The highest BCUT2D eigenvalue weighted by atomic mass is 35.5. The lowest BCUT2D eigenvalue weighted by molar-refractivity contribution is -0.269. The Morgan fingerprint density at radius 2 is 2.22 bits per heavy atom. The first-order valence-corrected chi connectivity index (χ1v) is 6.83. The zero-order chi connectivity index (χ0) is 13.6. The summed E-state index contributed by atoms with van der Waals surface area (Å²) in [5.74, 6) is -0.169. The molecule has 0 aromatic heterocycles. The van der Waals surface area contributed by atoms with E-state index in [1.54, 1.807) is 0 Å². The number of hydrogen-bond acceptors (Lipinski definition) is 3. The predicted molar refractivity (Wildman–Crippen MR) is 70.1 cm³/mol. The molecule has 1 heterocycles. The van der Waals surface area contributed by atoms with Gasteiger partial charge in [0.2, 0.25) is 6.29 Å². The minimum atomic E-state index is -0.597. The first-order chi connectivity index (χ1) is 8.25. The van der Waals surface area contributed by atoms with Gasteiger partial charge in [-0.1, -0.05) is 39.0 Å². The van der Waals surface area contributed by atoms with Gasteiger partial charge in [0.15, 0.2) is 0 Å². The predicted octanol–water partition coefficient (Wildman–Crippen LogP) is 3.61. The lowest BCUT2D eigenvalue weighted by atomic mass is 9.79. The van der Waals surface area contributed by atoms with E-state index >= 15 is 0 Å². The van der Waals surface area contributed by atoms with E-state index in [0.29, 0.717) is 11.5 Å². The van der Waals surface area contributed by atoms with Crippen molar-refractivity contribution in [1.82, 2.24) is 0 Å². The number of esters is 1. The lowest BCUT2D eigenvalue weighted by Crippen LogP contribution is -2.53. The van der Waals surface area contributed by atoms with Crippen molar-refractivity contribution in [3.8, 4) is 0 Å². The van der Waals surface area contributed by atoms with Crippen LogP contribution in [0, 0.1) is 10.8 Å². The number of carbonyl (C=O) groups excluding carboxylic acids is 1. The summed E-state index contributed by atoms with van der Waals surface area (Å²) in [6.45, 7) is 9.73. The summed E-state index contributed by atoms with van der Waals surface area (Å²) in [5.41, 5.74) is -0.803. The summed E-state index contributed by atoms with van der Waals surface area (Å²) in [4.78, 5) is 12.4. The molecule has 18 heavy (non-hydrogen) atoms. The normalized spacial score (nSPS) is 36.1. The molecule has 0 radical (unpaired) electrons. The molecule has 1 aliphatic carbocycles. The largest absolute Gasteiger partial charge is 0.435 e. The van der Waals surface area contributed by atoms with E-state index in [0.717, 1.165) is 19.3 Å². The SMILES string of the molecule is C=C(Cl)CC12CCCC1OC(C(C)(C)C)OC2=O. The minimum Gasteiger partial charge on any atom is -0.435 e. The van der Waals surface area contributed by atoms with E-state index in [4.69, 9.17) is 21.1 Å². The van der Waals surface area contributed by atoms with Gasteiger partial charge in [-0.3, -0.25) is 4.79 Å². The molecule has 2 aliphatic rings. The van der Waals surface area contributed by atoms with Crippen molar-refractivity contribution in [2.75, 3.05) is 0 Å². The summed E-state index contributed by atoms with van der Waals surface area (Å²) >= 11 is 5.91. The zero-order valence-corrected chi connectivity index (χ0v) is 12.0. The first-order valence-electron chi connectivity index (χ1n) is 6.45. The summed E-state index contributed by atoms with van der Waals surface area (Å²) in [7, 11) is 0. The van der Waals surface area contributed by atoms with Gasteiger partial charge in [0.25, 0.3) is 0 Å². The lowest BCUT2D eigenvalue weighted by Gasteiger charge is -2.44. The number of rotatable bonds is 2. The fourth-order valence-corrected chi connectivity index (χ4v) is 3.10. The van der Waals surface area contributed by atoms with Crippen LogP contribution in [-0.2, 0) is 14.3 Å². The molecule has 102 valence electrons. The number of ether oxygens (including phenoxy) is 2. The number of cyclic esters (lactones) is 1. The summed E-state index contributed by atoms with van der Waals surface area (Å²) < 4.78 is 11.5. The Balaban J connectivity index is 2.23. The Bertz CT molecular complexity index is 372. The second-order valence-corrected chi connectivity index (χ2v) is 7.00. The van der Waals surface area contributed by atoms with Crippen molar-refractivity contribution in [2.45, 2.75) is 58.8 Å². The topological polar surface area (TPSA) is 35.5 Å². The van der Waals surface area contributed by atoms with Crippen LogP contribution in [0.3, 0.4) is 0 Å². The summed E-state index contributed by atoms with van der Waals surface area (Å²) in [5, 5.41) is 0.497. The van der Waals surface area contributed by atoms with Gasteiger partial charge in [-0.05, 0) is 19.3 Å². The van der Waals surface area contributed by atoms with Gasteiger partial charge in [-0.15, -0.1) is 0 Å².